The van der Waals surface area contributed by atoms with Gasteiger partial charge in [0.1, 0.15) is 5.75 Å². The van der Waals surface area contributed by atoms with E-state index in [2.05, 4.69) is 68.2 Å². The van der Waals surface area contributed by atoms with Crippen LogP contribution < -0.4 is 16.0 Å². The summed E-state index contributed by atoms with van der Waals surface area (Å²) in [6, 6.07) is 14.3. The van der Waals surface area contributed by atoms with Crippen LogP contribution in [-0.4, -0.2) is 6.10 Å². The summed E-state index contributed by atoms with van der Waals surface area (Å²) in [5, 5.41) is 0. The Morgan fingerprint density at radius 2 is 1.90 bits per heavy atom. The van der Waals surface area contributed by atoms with Crippen LogP contribution >= 0.6 is 38.5 Å². The normalized spacial score (nSPS) is 15.8. The molecule has 0 radical (unpaired) electrons. The molecule has 0 aromatic heterocycles. The van der Waals surface area contributed by atoms with Crippen molar-refractivity contribution >= 4 is 38.5 Å². The monoisotopic (exact) mass is 458 g/mol. The molecule has 0 amide bonds. The van der Waals surface area contributed by atoms with Crippen molar-refractivity contribution in [3.8, 4) is 5.75 Å². The minimum atomic E-state index is -0.0376. The summed E-state index contributed by atoms with van der Waals surface area (Å²) in [6.45, 7) is 0. The Labute approximate surface area is 146 Å². The van der Waals surface area contributed by atoms with Crippen LogP contribution in [0.2, 0.25) is 0 Å². The third kappa shape index (κ3) is 3.77. The van der Waals surface area contributed by atoms with E-state index >= 15 is 0 Å². The molecule has 0 saturated heterocycles. The summed E-state index contributed by atoms with van der Waals surface area (Å²) in [7, 11) is 0. The van der Waals surface area contributed by atoms with E-state index in [1.165, 1.54) is 16.4 Å². The molecule has 1 aliphatic rings. The van der Waals surface area contributed by atoms with Crippen molar-refractivity contribution < 1.29 is 4.74 Å². The molecule has 3 nitrogen and oxygen atoms in total. The SMILES string of the molecule is NNC(c1ccc(OC2CC2)cc1)c1cc(Br)ccc1I. The van der Waals surface area contributed by atoms with Gasteiger partial charge in [-0.25, -0.2) is 5.43 Å². The van der Waals surface area contributed by atoms with E-state index in [1.54, 1.807) is 0 Å². The Morgan fingerprint density at radius 1 is 1.19 bits per heavy atom. The molecule has 3 rings (SSSR count). The highest BCUT2D eigenvalue weighted by Crippen LogP contribution is 2.31. The van der Waals surface area contributed by atoms with Crippen LogP contribution in [-0.2, 0) is 0 Å². The summed E-state index contributed by atoms with van der Waals surface area (Å²) >= 11 is 5.85. The molecule has 1 aliphatic carbocycles. The van der Waals surface area contributed by atoms with E-state index in [1.807, 2.05) is 18.2 Å². The number of benzene rings is 2. The lowest BCUT2D eigenvalue weighted by molar-refractivity contribution is 0.303. The molecule has 1 atom stereocenters. The molecule has 2 aromatic rings. The molecule has 0 spiro atoms. The topological polar surface area (TPSA) is 47.3 Å². The molecule has 1 unspecified atom stereocenters. The van der Waals surface area contributed by atoms with E-state index in [0.29, 0.717) is 6.10 Å². The van der Waals surface area contributed by atoms with Gasteiger partial charge in [-0.15, -0.1) is 0 Å². The van der Waals surface area contributed by atoms with E-state index < -0.39 is 0 Å². The third-order valence-corrected chi connectivity index (χ3v) is 4.95. The first kappa shape index (κ1) is 15.3. The lowest BCUT2D eigenvalue weighted by Crippen LogP contribution is -2.29. The average molecular weight is 459 g/mol. The molecular weight excluding hydrogens is 443 g/mol. The smallest absolute Gasteiger partial charge is 0.119 e. The maximum Gasteiger partial charge on any atom is 0.119 e. The predicted octanol–water partition coefficient (Wildman–Crippen LogP) is 4.15. The van der Waals surface area contributed by atoms with Crippen molar-refractivity contribution in [1.29, 1.82) is 0 Å². The van der Waals surface area contributed by atoms with Crippen LogP contribution in [0.1, 0.15) is 30.0 Å². The molecule has 0 aliphatic heterocycles. The molecule has 3 N–H and O–H groups in total. The summed E-state index contributed by atoms with van der Waals surface area (Å²) in [6.07, 6.45) is 2.76. The van der Waals surface area contributed by atoms with Gasteiger partial charge in [0.05, 0.1) is 12.1 Å². The second-order valence-electron chi connectivity index (χ2n) is 5.15. The number of hydrogen-bond acceptors (Lipinski definition) is 3. The quantitative estimate of drug-likeness (QED) is 0.402. The molecule has 5 heteroatoms. The van der Waals surface area contributed by atoms with Gasteiger partial charge in [-0.1, -0.05) is 28.1 Å². The Kier molecular flexibility index (Phi) is 4.83. The lowest BCUT2D eigenvalue weighted by atomic mass is 9.99. The number of hydrazine groups is 1. The van der Waals surface area contributed by atoms with Gasteiger partial charge in [0.2, 0.25) is 0 Å². The highest BCUT2D eigenvalue weighted by atomic mass is 127. The van der Waals surface area contributed by atoms with Crippen LogP contribution in [0.3, 0.4) is 0 Å². The Balaban J connectivity index is 1.86. The first-order valence-corrected chi connectivity index (χ1v) is 8.72. The van der Waals surface area contributed by atoms with Crippen molar-refractivity contribution in [1.82, 2.24) is 5.43 Å². The van der Waals surface area contributed by atoms with Gasteiger partial charge < -0.3 is 4.74 Å². The number of rotatable bonds is 5. The minimum absolute atomic E-state index is 0.0376. The fourth-order valence-corrected chi connectivity index (χ4v) is 3.24. The van der Waals surface area contributed by atoms with Gasteiger partial charge in [-0.2, -0.15) is 0 Å². The van der Waals surface area contributed by atoms with Gasteiger partial charge in [0.25, 0.3) is 0 Å². The van der Waals surface area contributed by atoms with Crippen LogP contribution in [0, 0.1) is 3.57 Å². The molecule has 0 bridgehead atoms. The second kappa shape index (κ2) is 6.64. The van der Waals surface area contributed by atoms with Crippen molar-refractivity contribution in [2.75, 3.05) is 0 Å². The van der Waals surface area contributed by atoms with Crippen LogP contribution in [0.5, 0.6) is 5.75 Å². The Bertz CT molecular complexity index is 629. The van der Waals surface area contributed by atoms with Crippen molar-refractivity contribution in [2.24, 2.45) is 5.84 Å². The van der Waals surface area contributed by atoms with Gasteiger partial charge in [-0.05, 0) is 76.9 Å². The molecule has 1 fully saturated rings. The van der Waals surface area contributed by atoms with Crippen LogP contribution in [0.25, 0.3) is 0 Å². The summed E-state index contributed by atoms with van der Waals surface area (Å²) in [5.41, 5.74) is 5.19. The van der Waals surface area contributed by atoms with E-state index in [4.69, 9.17) is 10.6 Å². The maximum absolute atomic E-state index is 5.78. The van der Waals surface area contributed by atoms with Gasteiger partial charge in [0, 0.05) is 8.04 Å². The number of halogens is 2. The number of nitrogens with two attached hydrogens (primary N) is 1. The Hall–Kier alpha value is -0.630. The van der Waals surface area contributed by atoms with Gasteiger partial charge >= 0.3 is 0 Å². The van der Waals surface area contributed by atoms with E-state index in [0.717, 1.165) is 21.3 Å². The highest BCUT2D eigenvalue weighted by Gasteiger charge is 2.23. The molecule has 2 aromatic carbocycles. The van der Waals surface area contributed by atoms with E-state index in [9.17, 15) is 0 Å². The third-order valence-electron chi connectivity index (χ3n) is 3.48. The maximum atomic E-state index is 5.78. The molecule has 21 heavy (non-hydrogen) atoms. The zero-order valence-corrected chi connectivity index (χ0v) is 15.1. The van der Waals surface area contributed by atoms with Gasteiger partial charge in [0.15, 0.2) is 0 Å². The van der Waals surface area contributed by atoms with E-state index in [-0.39, 0.29) is 6.04 Å². The summed E-state index contributed by atoms with van der Waals surface area (Å²) < 4.78 is 8.01. The second-order valence-corrected chi connectivity index (χ2v) is 7.23. The molecule has 1 saturated carbocycles. The minimum Gasteiger partial charge on any atom is -0.490 e. The highest BCUT2D eigenvalue weighted by molar-refractivity contribution is 14.1. The van der Waals surface area contributed by atoms with Crippen molar-refractivity contribution in [3.05, 3.63) is 61.6 Å². The van der Waals surface area contributed by atoms with Gasteiger partial charge in [-0.3, -0.25) is 5.84 Å². The largest absolute Gasteiger partial charge is 0.490 e. The predicted molar refractivity (Wildman–Crippen MR) is 96.1 cm³/mol. The summed E-state index contributed by atoms with van der Waals surface area (Å²) in [5.74, 6) is 6.72. The van der Waals surface area contributed by atoms with Crippen molar-refractivity contribution in [3.63, 3.8) is 0 Å². The number of hydrogen-bond donors (Lipinski definition) is 2. The lowest BCUT2D eigenvalue weighted by Gasteiger charge is -2.19. The first-order valence-electron chi connectivity index (χ1n) is 6.85. The molecule has 0 heterocycles. The van der Waals surface area contributed by atoms with Crippen molar-refractivity contribution in [2.45, 2.75) is 25.0 Å². The number of nitrogens with one attached hydrogen (secondary N) is 1. The molecular formula is C16H16BrIN2O. The zero-order valence-electron chi connectivity index (χ0n) is 11.4. The standard InChI is InChI=1S/C16H16BrIN2O/c17-11-3-8-15(18)14(9-11)16(20-19)10-1-4-12(5-2-10)21-13-6-7-13/h1-5,8-9,13,16,20H,6-7,19H2. The Morgan fingerprint density at radius 3 is 2.52 bits per heavy atom. The van der Waals surface area contributed by atoms with Crippen LogP contribution in [0.4, 0.5) is 0 Å². The van der Waals surface area contributed by atoms with Crippen LogP contribution in [0.15, 0.2) is 46.9 Å². The number of ether oxygens (including phenoxy) is 1. The zero-order chi connectivity index (χ0) is 14.8. The average Bonchev–Trinajstić information content (AvgIpc) is 3.29. The molecule has 110 valence electrons. The fourth-order valence-electron chi connectivity index (χ4n) is 2.22. The fraction of sp³-hybridized carbons (Fsp3) is 0.250. The summed E-state index contributed by atoms with van der Waals surface area (Å²) in [4.78, 5) is 0. The first-order chi connectivity index (χ1) is 10.2.